The van der Waals surface area contributed by atoms with E-state index in [1.807, 2.05) is 18.5 Å². The minimum atomic E-state index is -4.17. The van der Waals surface area contributed by atoms with Crippen molar-refractivity contribution in [2.24, 2.45) is 0 Å². The second-order valence-electron chi connectivity index (χ2n) is 7.26. The number of carbonyl (C=O) groups is 1. The molecule has 180 valence electrons. The monoisotopic (exact) mass is 529 g/mol. The van der Waals surface area contributed by atoms with E-state index in [9.17, 15) is 21.6 Å². The molecule has 3 heterocycles. The van der Waals surface area contributed by atoms with Crippen molar-refractivity contribution in [3.63, 3.8) is 0 Å². The molecule has 1 N–H and O–H groups in total. The van der Waals surface area contributed by atoms with Gasteiger partial charge in [0, 0.05) is 24.7 Å². The Kier molecular flexibility index (Phi) is 6.98. The van der Waals surface area contributed by atoms with Gasteiger partial charge in [-0.2, -0.15) is 16.8 Å². The summed E-state index contributed by atoms with van der Waals surface area (Å²) in [5.74, 6) is -0.838. The number of thiophene rings is 1. The first-order chi connectivity index (χ1) is 16.6. The molecule has 0 aliphatic carbocycles. The van der Waals surface area contributed by atoms with Crippen molar-refractivity contribution in [2.45, 2.75) is 16.0 Å². The first-order valence-corrected chi connectivity index (χ1v) is 13.7. The Hall–Kier alpha value is -3.58. The highest BCUT2D eigenvalue weighted by atomic mass is 32.2. The molecule has 0 unspecified atom stereocenters. The zero-order valence-corrected chi connectivity index (χ0v) is 20.7. The number of rotatable bonds is 8. The van der Waals surface area contributed by atoms with Crippen LogP contribution in [0.2, 0.25) is 0 Å². The molecule has 0 saturated carbocycles. The van der Waals surface area contributed by atoms with Crippen LogP contribution in [0.4, 0.5) is 0 Å². The average Bonchev–Trinajstić information content (AvgIpc) is 3.53. The van der Waals surface area contributed by atoms with Gasteiger partial charge in [0.25, 0.3) is 15.9 Å². The lowest BCUT2D eigenvalue weighted by Gasteiger charge is -2.05. The van der Waals surface area contributed by atoms with Gasteiger partial charge in [-0.25, -0.2) is 9.45 Å². The van der Waals surface area contributed by atoms with E-state index in [2.05, 4.69) is 9.27 Å². The van der Waals surface area contributed by atoms with Crippen molar-refractivity contribution < 1.29 is 25.9 Å². The van der Waals surface area contributed by atoms with Gasteiger partial charge < -0.3 is 0 Å². The van der Waals surface area contributed by atoms with Gasteiger partial charge in [-0.15, -0.1) is 15.6 Å². The first kappa shape index (κ1) is 24.5. The number of hydrogen-bond donors (Lipinski definition) is 1. The van der Waals surface area contributed by atoms with E-state index in [1.165, 1.54) is 42.7 Å². The van der Waals surface area contributed by atoms with Gasteiger partial charge in [0.2, 0.25) is 0 Å². The molecular weight excluding hydrogens is 510 g/mol. The van der Waals surface area contributed by atoms with E-state index in [0.29, 0.717) is 16.1 Å². The summed E-state index contributed by atoms with van der Waals surface area (Å²) < 4.78 is 55.9. The summed E-state index contributed by atoms with van der Waals surface area (Å²) in [7, 11) is -8.01. The topological polar surface area (TPSA) is 124 Å². The van der Waals surface area contributed by atoms with Crippen LogP contribution in [0.3, 0.4) is 0 Å². The van der Waals surface area contributed by atoms with Crippen LogP contribution in [-0.2, 0) is 29.2 Å². The van der Waals surface area contributed by atoms with Crippen molar-refractivity contribution in [3.05, 3.63) is 96.5 Å². The highest BCUT2D eigenvalue weighted by molar-refractivity contribution is 7.92. The second-order valence-corrected chi connectivity index (χ2v) is 12.0. The number of amides is 1. The first-order valence-electron chi connectivity index (χ1n) is 10.1. The Balaban J connectivity index is 1.41. The van der Waals surface area contributed by atoms with Gasteiger partial charge >= 0.3 is 10.1 Å². The molecule has 35 heavy (non-hydrogen) atoms. The third kappa shape index (κ3) is 5.74. The number of hydrogen-bond acceptors (Lipinski definition) is 8. The minimum absolute atomic E-state index is 0.102. The van der Waals surface area contributed by atoms with Gasteiger partial charge in [0.15, 0.2) is 0 Å². The summed E-state index contributed by atoms with van der Waals surface area (Å²) in [4.78, 5) is 16.8. The molecule has 1 amide bonds. The van der Waals surface area contributed by atoms with Crippen molar-refractivity contribution >= 4 is 43.5 Å². The molecule has 3 aromatic heterocycles. The minimum Gasteiger partial charge on any atom is -0.268 e. The van der Waals surface area contributed by atoms with Crippen LogP contribution in [0.1, 0.15) is 11.1 Å². The Morgan fingerprint density at radius 1 is 1.03 bits per heavy atom. The molecule has 0 aliphatic heterocycles. The number of benzene rings is 1. The second kappa shape index (κ2) is 9.96. The van der Waals surface area contributed by atoms with E-state index >= 15 is 0 Å². The highest BCUT2D eigenvalue weighted by Crippen LogP contribution is 2.30. The van der Waals surface area contributed by atoms with E-state index in [-0.39, 0.29) is 9.10 Å². The molecule has 0 fully saturated rings. The zero-order chi connectivity index (χ0) is 25.1. The molecule has 0 bridgehead atoms. The van der Waals surface area contributed by atoms with E-state index in [1.54, 1.807) is 36.5 Å². The Labute approximate surface area is 206 Å². The number of hydroxylamine groups is 1. The molecule has 12 heteroatoms. The third-order valence-electron chi connectivity index (χ3n) is 4.71. The molecule has 0 saturated heterocycles. The van der Waals surface area contributed by atoms with Crippen LogP contribution in [0.5, 0.6) is 0 Å². The SMILES string of the molecule is Cc1ccc(S(=O)(=O)ONC(=O)/C=C/c2ccn(S(=O)(=O)c3ccc(-c4ccccn4)s3)c2)cc1. The van der Waals surface area contributed by atoms with Crippen LogP contribution < -0.4 is 5.48 Å². The maximum atomic E-state index is 13.0. The summed E-state index contributed by atoms with van der Waals surface area (Å²) in [6.45, 7) is 1.81. The van der Waals surface area contributed by atoms with Gasteiger partial charge in [-0.1, -0.05) is 23.8 Å². The van der Waals surface area contributed by atoms with Gasteiger partial charge in [-0.3, -0.25) is 9.78 Å². The lowest BCUT2D eigenvalue weighted by atomic mass is 10.2. The fourth-order valence-corrected chi connectivity index (χ4v) is 6.25. The largest absolute Gasteiger partial charge is 0.317 e. The van der Waals surface area contributed by atoms with Crippen LogP contribution in [-0.4, -0.2) is 31.7 Å². The van der Waals surface area contributed by atoms with Crippen LogP contribution in [0, 0.1) is 6.92 Å². The van der Waals surface area contributed by atoms with Crippen molar-refractivity contribution in [2.75, 3.05) is 0 Å². The normalized spacial score (nSPS) is 12.1. The maximum absolute atomic E-state index is 13.0. The summed E-state index contributed by atoms with van der Waals surface area (Å²) in [6.07, 6.45) is 6.68. The van der Waals surface area contributed by atoms with Crippen molar-refractivity contribution in [1.29, 1.82) is 0 Å². The molecule has 4 rings (SSSR count). The Morgan fingerprint density at radius 3 is 2.51 bits per heavy atom. The predicted molar refractivity (Wildman–Crippen MR) is 131 cm³/mol. The Morgan fingerprint density at radius 2 is 1.80 bits per heavy atom. The van der Waals surface area contributed by atoms with Crippen LogP contribution in [0.25, 0.3) is 16.6 Å². The smallest absolute Gasteiger partial charge is 0.268 e. The number of nitrogens with one attached hydrogen (secondary N) is 1. The van der Waals surface area contributed by atoms with E-state index in [4.69, 9.17) is 0 Å². The lowest BCUT2D eigenvalue weighted by molar-refractivity contribution is -0.122. The predicted octanol–water partition coefficient (Wildman–Crippen LogP) is 3.61. The molecule has 1 aromatic carbocycles. The summed E-state index contributed by atoms with van der Waals surface area (Å²) >= 11 is 1.10. The summed E-state index contributed by atoms with van der Waals surface area (Å²) in [5, 5.41) is 0. The number of aryl methyl sites for hydroxylation is 1. The number of nitrogens with zero attached hydrogens (tertiary/aromatic N) is 2. The third-order valence-corrected chi connectivity index (χ3v) is 9.07. The molecule has 0 radical (unpaired) electrons. The number of carbonyl (C=O) groups excluding carboxylic acids is 1. The maximum Gasteiger partial charge on any atom is 0.317 e. The van der Waals surface area contributed by atoms with Gasteiger partial charge in [-0.05, 0) is 61.0 Å². The quantitative estimate of drug-likeness (QED) is 0.273. The number of pyridine rings is 1. The molecule has 0 spiro atoms. The van der Waals surface area contributed by atoms with Crippen LogP contribution >= 0.6 is 11.3 Å². The molecule has 9 nitrogen and oxygen atoms in total. The molecular formula is C23H19N3O6S3. The molecule has 0 atom stereocenters. The van der Waals surface area contributed by atoms with Crippen molar-refractivity contribution in [1.82, 2.24) is 14.4 Å². The summed E-state index contributed by atoms with van der Waals surface area (Å²) in [6, 6.07) is 16.0. The fourth-order valence-electron chi connectivity index (χ4n) is 2.90. The van der Waals surface area contributed by atoms with E-state index < -0.39 is 26.0 Å². The van der Waals surface area contributed by atoms with Gasteiger partial charge in [0.05, 0.1) is 15.5 Å². The van der Waals surface area contributed by atoms with Gasteiger partial charge in [0.1, 0.15) is 4.21 Å². The average molecular weight is 530 g/mol. The van der Waals surface area contributed by atoms with Crippen molar-refractivity contribution in [3.8, 4) is 10.6 Å². The van der Waals surface area contributed by atoms with Crippen LogP contribution in [0.15, 0.2) is 94.4 Å². The molecule has 4 aromatic rings. The molecule has 0 aliphatic rings. The van der Waals surface area contributed by atoms with E-state index in [0.717, 1.165) is 26.9 Å². The zero-order valence-electron chi connectivity index (χ0n) is 18.2. The number of aromatic nitrogens is 2. The Bertz CT molecular complexity index is 1590. The standard InChI is InChI=1S/C23H19N3O6S3/c1-17-5-8-19(9-6-17)35(30,31)32-25-22(27)11-7-18-13-15-26(16-18)34(28,29)23-12-10-21(33-23)20-4-2-3-14-24-20/h2-16H,1H3,(H,25,27)/b11-7+. The highest BCUT2D eigenvalue weighted by Gasteiger charge is 2.20. The summed E-state index contributed by atoms with van der Waals surface area (Å²) in [5.41, 5.74) is 3.80. The fraction of sp³-hybridized carbons (Fsp3) is 0.0435. The lowest BCUT2D eigenvalue weighted by Crippen LogP contribution is -2.25.